The van der Waals surface area contributed by atoms with Crippen LogP contribution in [0.2, 0.25) is 0 Å². The molecule has 0 saturated carbocycles. The van der Waals surface area contributed by atoms with Crippen molar-refractivity contribution in [2.75, 3.05) is 26.2 Å². The average molecular weight is 278 g/mol. The Balaban J connectivity index is 1.69. The topological polar surface area (TPSA) is 82.5 Å². The minimum absolute atomic E-state index is 0.0651. The molecule has 3 heterocycles. The highest BCUT2D eigenvalue weighted by molar-refractivity contribution is 5.93. The molecule has 1 aromatic rings. The molecule has 2 saturated heterocycles. The van der Waals surface area contributed by atoms with E-state index in [1.54, 1.807) is 0 Å². The molecule has 0 radical (unpaired) electrons. The zero-order valence-corrected chi connectivity index (χ0v) is 11.2. The summed E-state index contributed by atoms with van der Waals surface area (Å²) in [4.78, 5) is 29.5. The van der Waals surface area contributed by atoms with Gasteiger partial charge < -0.3 is 9.88 Å². The maximum atomic E-state index is 12.4. The maximum absolute atomic E-state index is 12.4. The van der Waals surface area contributed by atoms with Crippen molar-refractivity contribution in [3.63, 3.8) is 0 Å². The largest absolute Gasteiger partial charge is 0.351 e. The molecular weight excluding hydrogens is 260 g/mol. The molecule has 1 atom stereocenters. The summed E-state index contributed by atoms with van der Waals surface area (Å²) in [5.41, 5.74) is 0.241. The minimum atomic E-state index is -0.494. The van der Waals surface area contributed by atoms with E-state index in [0.717, 1.165) is 26.1 Å². The van der Waals surface area contributed by atoms with Gasteiger partial charge in [0.1, 0.15) is 5.69 Å². The molecule has 7 heteroatoms. The highest BCUT2D eigenvalue weighted by Crippen LogP contribution is 2.22. The van der Waals surface area contributed by atoms with Crippen molar-refractivity contribution in [1.29, 1.82) is 0 Å². The van der Waals surface area contributed by atoms with Crippen molar-refractivity contribution in [3.05, 3.63) is 28.1 Å². The number of carbonyl (C=O) groups excluding carboxylic acids is 1. The molecule has 7 nitrogen and oxygen atoms in total. The van der Waals surface area contributed by atoms with Crippen LogP contribution < -0.4 is 0 Å². The zero-order valence-electron chi connectivity index (χ0n) is 11.2. The third-order valence-corrected chi connectivity index (χ3v) is 4.23. The number of aromatic amines is 1. The molecule has 1 N–H and O–H groups in total. The van der Waals surface area contributed by atoms with Crippen molar-refractivity contribution in [1.82, 2.24) is 14.8 Å². The van der Waals surface area contributed by atoms with Gasteiger partial charge in [-0.3, -0.25) is 19.8 Å². The smallest absolute Gasteiger partial charge is 0.287 e. The van der Waals surface area contributed by atoms with Crippen LogP contribution in [-0.2, 0) is 0 Å². The van der Waals surface area contributed by atoms with Crippen LogP contribution in [0.3, 0.4) is 0 Å². The number of nitrogens with zero attached hydrogens (tertiary/aromatic N) is 3. The molecule has 0 spiro atoms. The molecular formula is C13H18N4O3. The molecule has 0 bridgehead atoms. The van der Waals surface area contributed by atoms with E-state index in [1.165, 1.54) is 25.1 Å². The Hall–Kier alpha value is -1.89. The van der Waals surface area contributed by atoms with E-state index in [4.69, 9.17) is 0 Å². The Bertz CT molecular complexity index is 527. The van der Waals surface area contributed by atoms with Gasteiger partial charge in [-0.1, -0.05) is 6.42 Å². The maximum Gasteiger partial charge on any atom is 0.287 e. The van der Waals surface area contributed by atoms with E-state index >= 15 is 0 Å². The van der Waals surface area contributed by atoms with Crippen molar-refractivity contribution >= 4 is 11.6 Å². The lowest BCUT2D eigenvalue weighted by atomic mass is 9.99. The number of piperazine rings is 1. The van der Waals surface area contributed by atoms with Crippen molar-refractivity contribution in [2.45, 2.75) is 25.3 Å². The Kier molecular flexibility index (Phi) is 3.43. The Morgan fingerprint density at radius 1 is 1.35 bits per heavy atom. The number of hydrogen-bond acceptors (Lipinski definition) is 4. The Labute approximate surface area is 116 Å². The molecule has 2 aliphatic rings. The van der Waals surface area contributed by atoms with Crippen LogP contribution in [0, 0.1) is 10.1 Å². The summed E-state index contributed by atoms with van der Waals surface area (Å²) in [7, 11) is 0. The number of hydrogen-bond donors (Lipinski definition) is 1. The predicted molar refractivity (Wildman–Crippen MR) is 72.6 cm³/mol. The molecule has 20 heavy (non-hydrogen) atoms. The van der Waals surface area contributed by atoms with Crippen molar-refractivity contribution in [2.24, 2.45) is 0 Å². The van der Waals surface area contributed by atoms with Crippen LogP contribution in [0.4, 0.5) is 5.69 Å². The van der Waals surface area contributed by atoms with Gasteiger partial charge in [-0.05, 0) is 19.4 Å². The highest BCUT2D eigenvalue weighted by Gasteiger charge is 2.32. The number of H-pyrrole nitrogens is 1. The summed E-state index contributed by atoms with van der Waals surface area (Å²) < 4.78 is 0. The van der Waals surface area contributed by atoms with Crippen LogP contribution in [0.25, 0.3) is 0 Å². The summed E-state index contributed by atoms with van der Waals surface area (Å²) in [6, 6.07) is 1.77. The lowest BCUT2D eigenvalue weighted by molar-refractivity contribution is -0.384. The van der Waals surface area contributed by atoms with Gasteiger partial charge in [0.15, 0.2) is 0 Å². The molecule has 1 aromatic heterocycles. The van der Waals surface area contributed by atoms with E-state index in [-0.39, 0.29) is 11.6 Å². The van der Waals surface area contributed by atoms with Gasteiger partial charge in [-0.25, -0.2) is 0 Å². The van der Waals surface area contributed by atoms with Gasteiger partial charge in [0.25, 0.3) is 11.6 Å². The quantitative estimate of drug-likeness (QED) is 0.651. The number of nitrogens with one attached hydrogen (secondary N) is 1. The van der Waals surface area contributed by atoms with Crippen LogP contribution in [0.15, 0.2) is 12.3 Å². The SMILES string of the molecule is O=C(c1cc([N+](=O)[O-])c[nH]1)N1CCN2CCCCC2C1. The van der Waals surface area contributed by atoms with E-state index in [0.29, 0.717) is 18.3 Å². The number of rotatable bonds is 2. The number of amides is 1. The second-order valence-corrected chi connectivity index (χ2v) is 5.47. The number of piperidine rings is 1. The summed E-state index contributed by atoms with van der Waals surface area (Å²) in [6.45, 7) is 3.45. The first-order chi connectivity index (χ1) is 9.65. The standard InChI is InChI=1S/C13H18N4O3/c18-13(12-7-11(8-14-12)17(19)20)16-6-5-15-4-2-1-3-10(15)9-16/h7-8,10,14H,1-6,9H2. The fraction of sp³-hybridized carbons (Fsp3) is 0.615. The van der Waals surface area contributed by atoms with Crippen LogP contribution in [0.5, 0.6) is 0 Å². The van der Waals surface area contributed by atoms with Crippen LogP contribution >= 0.6 is 0 Å². The first-order valence-electron chi connectivity index (χ1n) is 7.01. The Morgan fingerprint density at radius 2 is 2.20 bits per heavy atom. The fourth-order valence-electron chi connectivity index (χ4n) is 3.12. The predicted octanol–water partition coefficient (Wildman–Crippen LogP) is 1.23. The van der Waals surface area contributed by atoms with Gasteiger partial charge >= 0.3 is 0 Å². The second-order valence-electron chi connectivity index (χ2n) is 5.47. The Morgan fingerprint density at radius 3 is 2.95 bits per heavy atom. The summed E-state index contributed by atoms with van der Waals surface area (Å²) in [5, 5.41) is 10.7. The monoisotopic (exact) mass is 278 g/mol. The average Bonchev–Trinajstić information content (AvgIpc) is 2.96. The van der Waals surface area contributed by atoms with Gasteiger partial charge in [0.2, 0.25) is 0 Å². The molecule has 1 amide bonds. The molecule has 1 unspecified atom stereocenters. The molecule has 0 aliphatic carbocycles. The zero-order chi connectivity index (χ0) is 14.1. The number of aromatic nitrogens is 1. The molecule has 3 rings (SSSR count). The van der Waals surface area contributed by atoms with E-state index in [9.17, 15) is 14.9 Å². The summed E-state index contributed by atoms with van der Waals surface area (Å²) >= 11 is 0. The van der Waals surface area contributed by atoms with Gasteiger partial charge in [-0.15, -0.1) is 0 Å². The lowest BCUT2D eigenvalue weighted by Gasteiger charge is -2.43. The van der Waals surface area contributed by atoms with Crippen molar-refractivity contribution in [3.8, 4) is 0 Å². The highest BCUT2D eigenvalue weighted by atomic mass is 16.6. The molecule has 2 aliphatic heterocycles. The summed E-state index contributed by atoms with van der Waals surface area (Å²) in [5.74, 6) is -0.136. The second kappa shape index (κ2) is 5.24. The van der Waals surface area contributed by atoms with E-state index < -0.39 is 4.92 Å². The third-order valence-electron chi connectivity index (χ3n) is 4.23. The molecule has 2 fully saturated rings. The summed E-state index contributed by atoms with van der Waals surface area (Å²) in [6.07, 6.45) is 4.86. The molecule has 108 valence electrons. The number of nitro groups is 1. The number of fused-ring (bicyclic) bond motifs is 1. The fourth-order valence-corrected chi connectivity index (χ4v) is 3.12. The normalized spacial score (nSPS) is 23.4. The third kappa shape index (κ3) is 2.40. The van der Waals surface area contributed by atoms with E-state index in [1.807, 2.05) is 4.90 Å². The lowest BCUT2D eigenvalue weighted by Crippen LogP contribution is -2.56. The minimum Gasteiger partial charge on any atom is -0.351 e. The number of carbonyl (C=O) groups is 1. The first kappa shape index (κ1) is 13.1. The van der Waals surface area contributed by atoms with Gasteiger partial charge in [0, 0.05) is 31.7 Å². The van der Waals surface area contributed by atoms with Gasteiger partial charge in [0.05, 0.1) is 11.1 Å². The van der Waals surface area contributed by atoms with Crippen LogP contribution in [-0.4, -0.2) is 57.8 Å². The molecule has 0 aromatic carbocycles. The van der Waals surface area contributed by atoms with E-state index in [2.05, 4.69) is 9.88 Å². The first-order valence-corrected chi connectivity index (χ1v) is 7.01. The van der Waals surface area contributed by atoms with Gasteiger partial charge in [-0.2, -0.15) is 0 Å². The van der Waals surface area contributed by atoms with Crippen molar-refractivity contribution < 1.29 is 9.72 Å². The van der Waals surface area contributed by atoms with Crippen LogP contribution in [0.1, 0.15) is 29.8 Å².